The molecular formula is C29H36N2O4. The van der Waals surface area contributed by atoms with Crippen LogP contribution in [0.4, 0.5) is 0 Å². The summed E-state index contributed by atoms with van der Waals surface area (Å²) < 4.78 is 0. The number of aliphatic hydroxyl groups excluding tert-OH is 2. The van der Waals surface area contributed by atoms with Crippen LogP contribution in [0.25, 0.3) is 0 Å². The number of aliphatic hydroxyl groups is 2. The zero-order chi connectivity index (χ0) is 25.4. The van der Waals surface area contributed by atoms with Crippen molar-refractivity contribution >= 4 is 5.91 Å². The van der Waals surface area contributed by atoms with Gasteiger partial charge in [-0.2, -0.15) is 0 Å². The van der Waals surface area contributed by atoms with Gasteiger partial charge in [-0.05, 0) is 74.6 Å². The van der Waals surface area contributed by atoms with Crippen molar-refractivity contribution in [3.8, 4) is 5.75 Å². The molecule has 0 saturated heterocycles. The number of nitrogens with one attached hydrogen (secondary N) is 2. The number of carbonyl (C=O) groups is 1. The van der Waals surface area contributed by atoms with E-state index in [0.717, 1.165) is 12.0 Å². The quantitative estimate of drug-likeness (QED) is 0.290. The molecule has 0 heterocycles. The molecule has 3 rings (SSSR count). The second kappa shape index (κ2) is 12.0. The number of hydrogen-bond donors (Lipinski definition) is 5. The highest BCUT2D eigenvalue weighted by molar-refractivity contribution is 5.94. The van der Waals surface area contributed by atoms with E-state index >= 15 is 0 Å². The first kappa shape index (κ1) is 26.4. The lowest BCUT2D eigenvalue weighted by molar-refractivity contribution is 0.0954. The van der Waals surface area contributed by atoms with Crippen LogP contribution >= 0.6 is 0 Å². The van der Waals surface area contributed by atoms with Crippen LogP contribution in [-0.4, -0.2) is 39.9 Å². The molecule has 6 heteroatoms. The number of amides is 1. The molecule has 0 bridgehead atoms. The number of aromatic hydroxyl groups is 1. The Morgan fingerprint density at radius 2 is 1.74 bits per heavy atom. The summed E-state index contributed by atoms with van der Waals surface area (Å²) in [5.74, 6) is -0.0806. The highest BCUT2D eigenvalue weighted by atomic mass is 16.3. The summed E-state index contributed by atoms with van der Waals surface area (Å²) in [6.07, 6.45) is 0.666. The summed E-state index contributed by atoms with van der Waals surface area (Å²) in [5.41, 5.74) is 4.74. The highest BCUT2D eigenvalue weighted by Crippen LogP contribution is 2.23. The molecule has 0 fully saturated rings. The van der Waals surface area contributed by atoms with Crippen LogP contribution in [0.1, 0.15) is 58.1 Å². The third-order valence-corrected chi connectivity index (χ3v) is 6.09. The minimum absolute atomic E-state index is 0.0100. The van der Waals surface area contributed by atoms with E-state index in [-0.39, 0.29) is 23.8 Å². The fourth-order valence-electron chi connectivity index (χ4n) is 4.00. The van der Waals surface area contributed by atoms with Gasteiger partial charge in [0.2, 0.25) is 0 Å². The van der Waals surface area contributed by atoms with Crippen molar-refractivity contribution in [2.75, 3.05) is 13.1 Å². The lowest BCUT2D eigenvalue weighted by Crippen LogP contribution is -2.43. The molecule has 35 heavy (non-hydrogen) atoms. The van der Waals surface area contributed by atoms with Gasteiger partial charge in [-0.15, -0.1) is 0 Å². The van der Waals surface area contributed by atoms with Crippen LogP contribution in [-0.2, 0) is 19.4 Å². The van der Waals surface area contributed by atoms with Gasteiger partial charge in [0.25, 0.3) is 5.91 Å². The van der Waals surface area contributed by atoms with Crippen molar-refractivity contribution in [3.05, 3.63) is 100 Å². The fourth-order valence-corrected chi connectivity index (χ4v) is 4.00. The van der Waals surface area contributed by atoms with Gasteiger partial charge >= 0.3 is 0 Å². The van der Waals surface area contributed by atoms with Gasteiger partial charge in [0.15, 0.2) is 0 Å². The van der Waals surface area contributed by atoms with Crippen molar-refractivity contribution in [3.63, 3.8) is 0 Å². The van der Waals surface area contributed by atoms with E-state index in [1.54, 1.807) is 12.1 Å². The maximum Gasteiger partial charge on any atom is 0.251 e. The first-order valence-corrected chi connectivity index (χ1v) is 12.0. The zero-order valence-corrected chi connectivity index (χ0v) is 20.7. The fraction of sp³-hybridized carbons (Fsp3) is 0.345. The second-order valence-corrected chi connectivity index (χ2v) is 9.70. The average Bonchev–Trinajstić information content (AvgIpc) is 2.84. The van der Waals surface area contributed by atoms with Gasteiger partial charge in [0.05, 0.1) is 12.7 Å². The standard InChI is InChI=1S/C29H36N2O4/c1-20-7-9-21(10-8-20)13-14-30-28(35)24-6-4-5-22(15-24)17-29(2,3)31-18-27(34)23-11-12-26(33)25(16-23)19-32/h4-12,15-16,27,31-34H,13-14,17-19H2,1-3H3,(H,30,35)/t27-/m0/s1. The van der Waals surface area contributed by atoms with E-state index < -0.39 is 6.10 Å². The molecule has 0 spiro atoms. The molecule has 3 aromatic rings. The minimum Gasteiger partial charge on any atom is -0.508 e. The topological polar surface area (TPSA) is 102 Å². The molecule has 1 amide bonds. The normalized spacial score (nSPS) is 12.4. The molecule has 0 radical (unpaired) electrons. The maximum atomic E-state index is 12.7. The number of rotatable bonds is 11. The predicted octanol–water partition coefficient (Wildman–Crippen LogP) is 3.81. The molecule has 0 aliphatic carbocycles. The van der Waals surface area contributed by atoms with Crippen molar-refractivity contribution in [1.82, 2.24) is 10.6 Å². The first-order valence-electron chi connectivity index (χ1n) is 12.0. The number of hydrogen-bond acceptors (Lipinski definition) is 5. The Kier molecular flexibility index (Phi) is 9.04. The minimum atomic E-state index is -0.786. The van der Waals surface area contributed by atoms with Crippen molar-refractivity contribution in [2.45, 2.75) is 51.9 Å². The number of phenols is 1. The Labute approximate surface area is 207 Å². The van der Waals surface area contributed by atoms with E-state index in [1.807, 2.05) is 38.1 Å². The molecular weight excluding hydrogens is 440 g/mol. The van der Waals surface area contributed by atoms with Crippen LogP contribution in [0.3, 0.4) is 0 Å². The van der Waals surface area contributed by atoms with Gasteiger partial charge in [0, 0.05) is 29.8 Å². The summed E-state index contributed by atoms with van der Waals surface area (Å²) in [5, 5.41) is 36.0. The summed E-state index contributed by atoms with van der Waals surface area (Å²) in [6, 6.07) is 20.7. The molecule has 0 aliphatic rings. The Morgan fingerprint density at radius 1 is 1.00 bits per heavy atom. The van der Waals surface area contributed by atoms with Crippen molar-refractivity contribution in [2.24, 2.45) is 0 Å². The first-order chi connectivity index (χ1) is 16.7. The van der Waals surface area contributed by atoms with Crippen LogP contribution in [0.15, 0.2) is 66.7 Å². The molecule has 6 nitrogen and oxygen atoms in total. The van der Waals surface area contributed by atoms with Crippen molar-refractivity contribution in [1.29, 1.82) is 0 Å². The van der Waals surface area contributed by atoms with Gasteiger partial charge in [0.1, 0.15) is 5.75 Å². The number of benzene rings is 3. The predicted molar refractivity (Wildman–Crippen MR) is 138 cm³/mol. The molecule has 0 unspecified atom stereocenters. The summed E-state index contributed by atoms with van der Waals surface area (Å²) >= 11 is 0. The van der Waals surface area contributed by atoms with E-state index in [9.17, 15) is 20.1 Å². The molecule has 0 aliphatic heterocycles. The SMILES string of the molecule is Cc1ccc(CCNC(=O)c2cccc(CC(C)(C)NC[C@H](O)c3ccc(O)c(CO)c3)c2)cc1. The van der Waals surface area contributed by atoms with E-state index in [0.29, 0.717) is 36.2 Å². The zero-order valence-electron chi connectivity index (χ0n) is 20.7. The summed E-state index contributed by atoms with van der Waals surface area (Å²) in [4.78, 5) is 12.7. The van der Waals surface area contributed by atoms with Crippen LogP contribution in [0.2, 0.25) is 0 Å². The summed E-state index contributed by atoms with van der Waals surface area (Å²) in [6.45, 7) is 6.74. The molecule has 0 saturated carbocycles. The Hall–Kier alpha value is -3.19. The Balaban J connectivity index is 1.53. The molecule has 1 atom stereocenters. The van der Waals surface area contributed by atoms with E-state index in [4.69, 9.17) is 0 Å². The number of aryl methyl sites for hydroxylation is 1. The Bertz CT molecular complexity index is 1130. The molecule has 3 aromatic carbocycles. The third-order valence-electron chi connectivity index (χ3n) is 6.09. The number of β-amino-alcohol motifs (C(OH)–C–C–N with tert-alkyl or cyclic N) is 1. The molecule has 0 aromatic heterocycles. The van der Waals surface area contributed by atoms with Gasteiger partial charge in [-0.1, -0.05) is 48.0 Å². The molecule has 5 N–H and O–H groups in total. The monoisotopic (exact) mass is 476 g/mol. The van der Waals surface area contributed by atoms with E-state index in [1.165, 1.54) is 17.2 Å². The van der Waals surface area contributed by atoms with Crippen LogP contribution in [0.5, 0.6) is 5.75 Å². The smallest absolute Gasteiger partial charge is 0.251 e. The van der Waals surface area contributed by atoms with Gasteiger partial charge in [-0.25, -0.2) is 0 Å². The van der Waals surface area contributed by atoms with Crippen molar-refractivity contribution < 1.29 is 20.1 Å². The van der Waals surface area contributed by atoms with Gasteiger partial charge in [-0.3, -0.25) is 4.79 Å². The summed E-state index contributed by atoms with van der Waals surface area (Å²) in [7, 11) is 0. The highest BCUT2D eigenvalue weighted by Gasteiger charge is 2.21. The van der Waals surface area contributed by atoms with Crippen LogP contribution < -0.4 is 10.6 Å². The van der Waals surface area contributed by atoms with E-state index in [2.05, 4.69) is 41.8 Å². The average molecular weight is 477 g/mol. The maximum absolute atomic E-state index is 12.7. The number of carbonyl (C=O) groups excluding carboxylic acids is 1. The molecule has 186 valence electrons. The lowest BCUT2D eigenvalue weighted by Gasteiger charge is -2.28. The largest absolute Gasteiger partial charge is 0.508 e. The Morgan fingerprint density at radius 3 is 2.46 bits per heavy atom. The lowest BCUT2D eigenvalue weighted by atomic mass is 9.93. The van der Waals surface area contributed by atoms with Crippen LogP contribution in [0, 0.1) is 6.92 Å². The van der Waals surface area contributed by atoms with Gasteiger partial charge < -0.3 is 26.0 Å². The second-order valence-electron chi connectivity index (χ2n) is 9.70. The third kappa shape index (κ3) is 7.92.